The third kappa shape index (κ3) is 1.78. The molecule has 0 aromatic heterocycles. The number of hydrogen-bond donors (Lipinski definition) is 0. The Bertz CT molecular complexity index is 138. The fourth-order valence-corrected chi connectivity index (χ4v) is 2.48. The molecule has 10 heavy (non-hydrogen) atoms. The van der Waals surface area contributed by atoms with Crippen LogP contribution in [0.15, 0.2) is 0 Å². The summed E-state index contributed by atoms with van der Waals surface area (Å²) in [7, 11) is -0.957. The van der Waals surface area contributed by atoms with Crippen LogP contribution in [0.1, 0.15) is 25.7 Å². The molecule has 0 aromatic carbocycles. The first-order chi connectivity index (χ1) is 4.72. The summed E-state index contributed by atoms with van der Waals surface area (Å²) < 4.78 is 23.8. The summed E-state index contributed by atoms with van der Waals surface area (Å²) in [5.74, 6) is 0. The summed E-state index contributed by atoms with van der Waals surface area (Å²) in [6, 6.07) is 0. The van der Waals surface area contributed by atoms with Crippen molar-refractivity contribution in [1.82, 2.24) is 0 Å². The molecular weight excluding hydrogens is 151 g/mol. The smallest absolute Gasteiger partial charge is 0.114 e. The maximum absolute atomic E-state index is 12.9. The second-order valence-electron chi connectivity index (χ2n) is 2.84. The molecule has 1 aliphatic rings. The van der Waals surface area contributed by atoms with Gasteiger partial charge in [0.2, 0.25) is 0 Å². The molecule has 0 aliphatic heterocycles. The van der Waals surface area contributed by atoms with Gasteiger partial charge in [0.1, 0.15) is 6.17 Å². The normalized spacial score (nSPS) is 37.4. The van der Waals surface area contributed by atoms with E-state index in [1.807, 2.05) is 0 Å². The summed E-state index contributed by atoms with van der Waals surface area (Å²) in [6.45, 7) is 0. The third-order valence-corrected chi connectivity index (χ3v) is 3.43. The van der Waals surface area contributed by atoms with E-state index in [0.717, 1.165) is 19.3 Å². The largest absolute Gasteiger partial charge is 0.259 e. The predicted octanol–water partition coefficient (Wildman–Crippen LogP) is 1.65. The van der Waals surface area contributed by atoms with E-state index < -0.39 is 17.0 Å². The molecule has 1 fully saturated rings. The first-order valence-electron chi connectivity index (χ1n) is 3.68. The monoisotopic (exact) mass is 164 g/mol. The van der Waals surface area contributed by atoms with Crippen molar-refractivity contribution >= 4 is 10.8 Å². The van der Waals surface area contributed by atoms with Gasteiger partial charge < -0.3 is 0 Å². The third-order valence-electron chi connectivity index (χ3n) is 2.05. The lowest BCUT2D eigenvalue weighted by molar-refractivity contribution is 0.257. The molecule has 1 nitrogen and oxygen atoms in total. The SMILES string of the molecule is CS(=O)C1CCCCC1F. The lowest BCUT2D eigenvalue weighted by Gasteiger charge is -2.23. The van der Waals surface area contributed by atoms with Crippen LogP contribution < -0.4 is 0 Å². The molecule has 3 unspecified atom stereocenters. The van der Waals surface area contributed by atoms with Crippen molar-refractivity contribution in [3.05, 3.63) is 0 Å². The summed E-state index contributed by atoms with van der Waals surface area (Å²) in [6.07, 6.45) is 4.23. The van der Waals surface area contributed by atoms with Crippen LogP contribution in [-0.4, -0.2) is 21.9 Å². The van der Waals surface area contributed by atoms with Gasteiger partial charge >= 0.3 is 0 Å². The fourth-order valence-electron chi connectivity index (χ4n) is 1.43. The van der Waals surface area contributed by atoms with Gasteiger partial charge in [-0.25, -0.2) is 4.39 Å². The van der Waals surface area contributed by atoms with Crippen molar-refractivity contribution in [2.75, 3.05) is 6.26 Å². The Morgan fingerprint density at radius 3 is 2.40 bits per heavy atom. The Kier molecular flexibility index (Phi) is 2.83. The fraction of sp³-hybridized carbons (Fsp3) is 1.00. The van der Waals surface area contributed by atoms with E-state index in [2.05, 4.69) is 0 Å². The van der Waals surface area contributed by atoms with E-state index in [1.165, 1.54) is 0 Å². The Labute approximate surface area is 63.5 Å². The highest BCUT2D eigenvalue weighted by Crippen LogP contribution is 2.24. The summed E-state index contributed by atoms with van der Waals surface area (Å²) in [5, 5.41) is -0.172. The summed E-state index contributed by atoms with van der Waals surface area (Å²) in [5.41, 5.74) is 0. The molecule has 0 saturated heterocycles. The maximum Gasteiger partial charge on any atom is 0.114 e. The molecule has 0 radical (unpaired) electrons. The molecule has 1 aliphatic carbocycles. The van der Waals surface area contributed by atoms with Crippen LogP contribution in [0.5, 0.6) is 0 Å². The molecule has 0 heterocycles. The Morgan fingerprint density at radius 1 is 1.40 bits per heavy atom. The molecule has 0 aromatic rings. The van der Waals surface area contributed by atoms with Gasteiger partial charge in [-0.3, -0.25) is 4.21 Å². The first-order valence-corrected chi connectivity index (χ1v) is 5.30. The molecule has 0 N–H and O–H groups in total. The molecule has 0 spiro atoms. The van der Waals surface area contributed by atoms with E-state index in [4.69, 9.17) is 0 Å². The Balaban J connectivity index is 2.47. The minimum Gasteiger partial charge on any atom is -0.259 e. The lowest BCUT2D eigenvalue weighted by atomic mass is 9.98. The highest BCUT2D eigenvalue weighted by atomic mass is 32.2. The van der Waals surface area contributed by atoms with Gasteiger partial charge in [0.25, 0.3) is 0 Å². The van der Waals surface area contributed by atoms with Crippen LogP contribution in [0.2, 0.25) is 0 Å². The second kappa shape index (κ2) is 3.46. The molecular formula is C7H13FOS. The molecule has 3 atom stereocenters. The predicted molar refractivity (Wildman–Crippen MR) is 41.2 cm³/mol. The molecule has 0 bridgehead atoms. The van der Waals surface area contributed by atoms with Crippen molar-refractivity contribution in [2.24, 2.45) is 0 Å². The van der Waals surface area contributed by atoms with E-state index in [9.17, 15) is 8.60 Å². The van der Waals surface area contributed by atoms with Crippen molar-refractivity contribution < 1.29 is 8.60 Å². The van der Waals surface area contributed by atoms with Crippen LogP contribution in [0, 0.1) is 0 Å². The topological polar surface area (TPSA) is 17.1 Å². The van der Waals surface area contributed by atoms with Crippen LogP contribution in [0.3, 0.4) is 0 Å². The zero-order valence-corrected chi connectivity index (χ0v) is 6.99. The van der Waals surface area contributed by atoms with Crippen molar-refractivity contribution in [2.45, 2.75) is 37.1 Å². The van der Waals surface area contributed by atoms with Crippen molar-refractivity contribution in [3.8, 4) is 0 Å². The van der Waals surface area contributed by atoms with Gasteiger partial charge in [0.05, 0.1) is 5.25 Å². The summed E-state index contributed by atoms with van der Waals surface area (Å²) >= 11 is 0. The standard InChI is InChI=1S/C7H13FOS/c1-10(9)7-5-3-2-4-6(7)8/h6-7H,2-5H2,1H3. The lowest BCUT2D eigenvalue weighted by Crippen LogP contribution is -2.29. The zero-order chi connectivity index (χ0) is 7.56. The highest BCUT2D eigenvalue weighted by molar-refractivity contribution is 7.84. The molecule has 1 rings (SSSR count). The van der Waals surface area contributed by atoms with Crippen molar-refractivity contribution in [1.29, 1.82) is 0 Å². The second-order valence-corrected chi connectivity index (χ2v) is 4.44. The summed E-state index contributed by atoms with van der Waals surface area (Å²) in [4.78, 5) is 0. The Morgan fingerprint density at radius 2 is 2.00 bits per heavy atom. The van der Waals surface area contributed by atoms with Gasteiger partial charge in [-0.1, -0.05) is 12.8 Å². The van der Waals surface area contributed by atoms with Gasteiger partial charge in [-0.15, -0.1) is 0 Å². The minimum atomic E-state index is -0.957. The van der Waals surface area contributed by atoms with E-state index in [0.29, 0.717) is 6.42 Å². The Hall–Kier alpha value is 0.0800. The van der Waals surface area contributed by atoms with Gasteiger partial charge in [-0.2, -0.15) is 0 Å². The number of halogens is 1. The molecule has 3 heteroatoms. The van der Waals surface area contributed by atoms with E-state index in [-0.39, 0.29) is 5.25 Å². The van der Waals surface area contributed by atoms with E-state index in [1.54, 1.807) is 6.26 Å². The average Bonchev–Trinajstić information content (AvgIpc) is 1.88. The van der Waals surface area contributed by atoms with Crippen LogP contribution in [-0.2, 0) is 10.8 Å². The minimum absolute atomic E-state index is 0.172. The van der Waals surface area contributed by atoms with Gasteiger partial charge in [-0.05, 0) is 12.8 Å². The molecule has 60 valence electrons. The maximum atomic E-state index is 12.9. The molecule has 0 amide bonds. The van der Waals surface area contributed by atoms with Crippen LogP contribution in [0.25, 0.3) is 0 Å². The number of hydrogen-bond acceptors (Lipinski definition) is 1. The van der Waals surface area contributed by atoms with Gasteiger partial charge in [0.15, 0.2) is 0 Å². The van der Waals surface area contributed by atoms with E-state index >= 15 is 0 Å². The average molecular weight is 164 g/mol. The number of alkyl halides is 1. The first kappa shape index (κ1) is 8.18. The molecule has 1 saturated carbocycles. The van der Waals surface area contributed by atoms with Crippen molar-refractivity contribution in [3.63, 3.8) is 0 Å². The van der Waals surface area contributed by atoms with Gasteiger partial charge in [0, 0.05) is 17.1 Å². The highest BCUT2D eigenvalue weighted by Gasteiger charge is 2.27. The quantitative estimate of drug-likeness (QED) is 0.576. The zero-order valence-electron chi connectivity index (χ0n) is 6.18. The van der Waals surface area contributed by atoms with Crippen LogP contribution >= 0.6 is 0 Å². The number of rotatable bonds is 1. The van der Waals surface area contributed by atoms with Crippen LogP contribution in [0.4, 0.5) is 4.39 Å².